The van der Waals surface area contributed by atoms with Crippen LogP contribution in [0.2, 0.25) is 0 Å². The maximum absolute atomic E-state index is 12.1. The summed E-state index contributed by atoms with van der Waals surface area (Å²) >= 11 is 0. The van der Waals surface area contributed by atoms with Crippen molar-refractivity contribution in [3.63, 3.8) is 0 Å². The standard InChI is InChI=1S/C13H15N3O2/c1-16-11(17)9(7-14)13(5-3-2-4-6-13)10(8-15)12(16)18/h9-10H,2-6H2,1H3. The van der Waals surface area contributed by atoms with Crippen molar-refractivity contribution in [3.05, 3.63) is 0 Å². The van der Waals surface area contributed by atoms with Crippen molar-refractivity contribution in [2.24, 2.45) is 17.3 Å². The molecule has 1 heterocycles. The van der Waals surface area contributed by atoms with E-state index >= 15 is 0 Å². The van der Waals surface area contributed by atoms with E-state index in [2.05, 4.69) is 0 Å². The van der Waals surface area contributed by atoms with Crippen LogP contribution in [-0.2, 0) is 9.59 Å². The fourth-order valence-corrected chi connectivity index (χ4v) is 3.31. The summed E-state index contributed by atoms with van der Waals surface area (Å²) in [7, 11) is 1.36. The summed E-state index contributed by atoms with van der Waals surface area (Å²) in [4.78, 5) is 25.1. The lowest BCUT2D eigenvalue weighted by molar-refractivity contribution is -0.161. The molecular formula is C13H15N3O2. The van der Waals surface area contributed by atoms with E-state index in [9.17, 15) is 20.1 Å². The van der Waals surface area contributed by atoms with Crippen molar-refractivity contribution in [3.8, 4) is 12.1 Å². The van der Waals surface area contributed by atoms with E-state index in [4.69, 9.17) is 0 Å². The molecule has 18 heavy (non-hydrogen) atoms. The van der Waals surface area contributed by atoms with Crippen LogP contribution in [0, 0.1) is 39.9 Å². The highest BCUT2D eigenvalue weighted by molar-refractivity contribution is 6.02. The van der Waals surface area contributed by atoms with Gasteiger partial charge in [0.15, 0.2) is 0 Å². The molecule has 0 aromatic carbocycles. The molecule has 5 heteroatoms. The predicted octanol–water partition coefficient (Wildman–Crippen LogP) is 1.22. The molecule has 1 saturated carbocycles. The maximum Gasteiger partial charge on any atom is 0.246 e. The van der Waals surface area contributed by atoms with Crippen LogP contribution in [0.15, 0.2) is 0 Å². The number of hydrogen-bond donors (Lipinski definition) is 0. The summed E-state index contributed by atoms with van der Waals surface area (Å²) in [5, 5.41) is 18.6. The van der Waals surface area contributed by atoms with Crippen LogP contribution < -0.4 is 0 Å². The summed E-state index contributed by atoms with van der Waals surface area (Å²) in [6.45, 7) is 0. The summed E-state index contributed by atoms with van der Waals surface area (Å²) in [6.07, 6.45) is 4.03. The van der Waals surface area contributed by atoms with Crippen LogP contribution >= 0.6 is 0 Å². The second-order valence-electron chi connectivity index (χ2n) is 5.15. The lowest BCUT2D eigenvalue weighted by Crippen LogP contribution is -2.58. The number of imide groups is 1. The second kappa shape index (κ2) is 4.42. The van der Waals surface area contributed by atoms with Crippen molar-refractivity contribution in [1.29, 1.82) is 10.5 Å². The molecule has 94 valence electrons. The van der Waals surface area contributed by atoms with E-state index < -0.39 is 29.1 Å². The molecule has 2 unspecified atom stereocenters. The average Bonchev–Trinajstić information content (AvgIpc) is 2.39. The monoisotopic (exact) mass is 245 g/mol. The number of hydrogen-bond acceptors (Lipinski definition) is 4. The highest BCUT2D eigenvalue weighted by Gasteiger charge is 2.58. The number of nitrogens with zero attached hydrogens (tertiary/aromatic N) is 3. The molecule has 1 saturated heterocycles. The van der Waals surface area contributed by atoms with Gasteiger partial charge in [0.1, 0.15) is 11.8 Å². The van der Waals surface area contributed by atoms with Crippen LogP contribution in [0.3, 0.4) is 0 Å². The van der Waals surface area contributed by atoms with Gasteiger partial charge in [0.25, 0.3) is 0 Å². The highest BCUT2D eigenvalue weighted by Crippen LogP contribution is 2.51. The highest BCUT2D eigenvalue weighted by atomic mass is 16.2. The minimum Gasteiger partial charge on any atom is -0.283 e. The van der Waals surface area contributed by atoms with Crippen LogP contribution in [0.4, 0.5) is 0 Å². The van der Waals surface area contributed by atoms with Crippen molar-refractivity contribution in [2.45, 2.75) is 32.1 Å². The lowest BCUT2D eigenvalue weighted by Gasteiger charge is -2.47. The van der Waals surface area contributed by atoms with E-state index in [1.807, 2.05) is 12.1 Å². The van der Waals surface area contributed by atoms with Gasteiger partial charge in [-0.05, 0) is 12.8 Å². The predicted molar refractivity (Wildman–Crippen MR) is 61.5 cm³/mol. The first-order chi connectivity index (χ1) is 8.58. The lowest BCUT2D eigenvalue weighted by atomic mass is 9.57. The summed E-state index contributed by atoms with van der Waals surface area (Å²) < 4.78 is 0. The molecule has 2 fully saturated rings. The molecule has 0 aromatic rings. The molecule has 0 aromatic heterocycles. The molecule has 1 aliphatic carbocycles. The van der Waals surface area contributed by atoms with Crippen molar-refractivity contribution in [2.75, 3.05) is 7.05 Å². The molecular weight excluding hydrogens is 230 g/mol. The summed E-state index contributed by atoms with van der Waals surface area (Å²) in [6, 6.07) is 4.07. The average molecular weight is 245 g/mol. The third-order valence-electron chi connectivity index (χ3n) is 4.35. The van der Waals surface area contributed by atoms with E-state index in [-0.39, 0.29) is 0 Å². The fourth-order valence-electron chi connectivity index (χ4n) is 3.31. The van der Waals surface area contributed by atoms with Crippen LogP contribution in [0.25, 0.3) is 0 Å². The smallest absolute Gasteiger partial charge is 0.246 e. The van der Waals surface area contributed by atoms with E-state index in [1.54, 1.807) is 0 Å². The molecule has 2 rings (SSSR count). The number of nitriles is 2. The number of carbonyl (C=O) groups is 2. The van der Waals surface area contributed by atoms with Gasteiger partial charge in [0, 0.05) is 12.5 Å². The van der Waals surface area contributed by atoms with E-state index in [0.29, 0.717) is 12.8 Å². The van der Waals surface area contributed by atoms with Gasteiger partial charge in [-0.1, -0.05) is 19.3 Å². The molecule has 2 aliphatic rings. The first kappa shape index (κ1) is 12.6. The van der Waals surface area contributed by atoms with E-state index in [1.165, 1.54) is 7.05 Å². The fraction of sp³-hybridized carbons (Fsp3) is 0.692. The Balaban J connectivity index is 2.51. The molecule has 5 nitrogen and oxygen atoms in total. The van der Waals surface area contributed by atoms with Gasteiger partial charge in [0.05, 0.1) is 12.1 Å². The number of piperidine rings is 1. The van der Waals surface area contributed by atoms with Gasteiger partial charge in [-0.2, -0.15) is 10.5 Å². The molecule has 1 spiro atoms. The summed E-state index contributed by atoms with van der Waals surface area (Å²) in [5.41, 5.74) is -0.748. The number of likely N-dealkylation sites (tertiary alicyclic amines) is 1. The van der Waals surface area contributed by atoms with Crippen molar-refractivity contribution >= 4 is 11.8 Å². The second-order valence-corrected chi connectivity index (χ2v) is 5.15. The maximum atomic E-state index is 12.1. The third-order valence-corrected chi connectivity index (χ3v) is 4.35. The Kier molecular flexibility index (Phi) is 3.09. The molecule has 2 atom stereocenters. The molecule has 1 aliphatic heterocycles. The van der Waals surface area contributed by atoms with Crippen molar-refractivity contribution in [1.82, 2.24) is 4.90 Å². The Morgan fingerprint density at radius 1 is 1.06 bits per heavy atom. The van der Waals surface area contributed by atoms with E-state index in [0.717, 1.165) is 24.2 Å². The molecule has 0 radical (unpaired) electrons. The first-order valence-corrected chi connectivity index (χ1v) is 6.19. The van der Waals surface area contributed by atoms with Gasteiger partial charge in [-0.15, -0.1) is 0 Å². The topological polar surface area (TPSA) is 85.0 Å². The normalized spacial score (nSPS) is 30.9. The molecule has 0 N–H and O–H groups in total. The number of amides is 2. The Morgan fingerprint density at radius 2 is 1.50 bits per heavy atom. The number of carbonyl (C=O) groups excluding carboxylic acids is 2. The largest absolute Gasteiger partial charge is 0.283 e. The van der Waals surface area contributed by atoms with Crippen LogP contribution in [0.1, 0.15) is 32.1 Å². The van der Waals surface area contributed by atoms with Gasteiger partial charge in [-0.25, -0.2) is 0 Å². The number of rotatable bonds is 0. The van der Waals surface area contributed by atoms with Gasteiger partial charge in [-0.3, -0.25) is 14.5 Å². The Labute approximate surface area is 106 Å². The molecule has 0 bridgehead atoms. The van der Waals surface area contributed by atoms with Crippen LogP contribution in [0.5, 0.6) is 0 Å². The Bertz CT molecular complexity index is 430. The van der Waals surface area contributed by atoms with Gasteiger partial charge < -0.3 is 0 Å². The van der Waals surface area contributed by atoms with Crippen molar-refractivity contribution < 1.29 is 9.59 Å². The summed E-state index contributed by atoms with van der Waals surface area (Å²) in [5.74, 6) is -2.61. The minimum atomic E-state index is -0.856. The van der Waals surface area contributed by atoms with Gasteiger partial charge in [0.2, 0.25) is 11.8 Å². The quantitative estimate of drug-likeness (QED) is 0.600. The minimum absolute atomic E-state index is 0.448. The Morgan fingerprint density at radius 3 is 1.89 bits per heavy atom. The zero-order valence-corrected chi connectivity index (χ0v) is 10.3. The SMILES string of the molecule is CN1C(=O)C(C#N)C2(CCCCC2)C(C#N)C1=O. The third kappa shape index (κ3) is 1.51. The van der Waals surface area contributed by atoms with Crippen LogP contribution in [-0.4, -0.2) is 23.8 Å². The zero-order chi connectivity index (χ0) is 13.3. The van der Waals surface area contributed by atoms with Gasteiger partial charge >= 0.3 is 0 Å². The first-order valence-electron chi connectivity index (χ1n) is 6.19. The Hall–Kier alpha value is -1.88. The zero-order valence-electron chi connectivity index (χ0n) is 10.3. The molecule has 2 amide bonds.